The highest BCUT2D eigenvalue weighted by Gasteiger charge is 2.20. The summed E-state index contributed by atoms with van der Waals surface area (Å²) in [6.07, 6.45) is 1.08. The number of nitrogens with zero attached hydrogens (tertiary/aromatic N) is 1. The average Bonchev–Trinajstić information content (AvgIpc) is 2.67. The van der Waals surface area contributed by atoms with E-state index in [0.717, 1.165) is 16.1 Å². The number of benzene rings is 2. The molecular weight excluding hydrogens is 479 g/mol. The van der Waals surface area contributed by atoms with Crippen LogP contribution in [0.15, 0.2) is 42.5 Å². The molecule has 0 atom stereocenters. The normalized spacial score (nSPS) is 11.4. The highest BCUT2D eigenvalue weighted by Crippen LogP contribution is 2.25. The highest BCUT2D eigenvalue weighted by atomic mass is 35.5. The second kappa shape index (κ2) is 11.9. The zero-order chi connectivity index (χ0) is 23.0. The second-order valence-corrected chi connectivity index (χ2v) is 10.9. The number of amides is 1. The van der Waals surface area contributed by atoms with Gasteiger partial charge >= 0.3 is 0 Å². The van der Waals surface area contributed by atoms with Gasteiger partial charge in [0, 0.05) is 28.1 Å². The number of carbonyl (C=O) groups is 1. The van der Waals surface area contributed by atoms with Crippen molar-refractivity contribution in [3.05, 3.63) is 58.1 Å². The van der Waals surface area contributed by atoms with E-state index in [1.165, 1.54) is 0 Å². The minimum Gasteiger partial charge on any atom is -0.491 e. The second-order valence-electron chi connectivity index (χ2n) is 7.07. The Morgan fingerprint density at radius 2 is 1.84 bits per heavy atom. The van der Waals surface area contributed by atoms with Gasteiger partial charge in [0.15, 0.2) is 0 Å². The summed E-state index contributed by atoms with van der Waals surface area (Å²) in [7, 11) is -3.63. The van der Waals surface area contributed by atoms with Crippen molar-refractivity contribution in [3.63, 3.8) is 0 Å². The third kappa shape index (κ3) is 8.80. The lowest BCUT2D eigenvalue weighted by Crippen LogP contribution is -2.41. The van der Waals surface area contributed by atoms with Gasteiger partial charge < -0.3 is 10.1 Å². The van der Waals surface area contributed by atoms with Gasteiger partial charge in [0.1, 0.15) is 12.3 Å². The van der Waals surface area contributed by atoms with E-state index in [1.807, 2.05) is 19.9 Å². The van der Waals surface area contributed by atoms with Crippen molar-refractivity contribution >= 4 is 56.6 Å². The lowest BCUT2D eigenvalue weighted by atomic mass is 10.2. The Morgan fingerprint density at radius 1 is 1.16 bits per heavy atom. The Kier molecular flexibility index (Phi) is 9.81. The smallest absolute Gasteiger partial charge is 0.240 e. The molecule has 0 saturated heterocycles. The molecule has 31 heavy (non-hydrogen) atoms. The molecule has 0 saturated carbocycles. The van der Waals surface area contributed by atoms with Crippen LogP contribution < -0.4 is 14.4 Å². The number of ether oxygens (including phenoxy) is 1. The number of anilines is 1. The first-order chi connectivity index (χ1) is 14.6. The molecule has 0 aliphatic heterocycles. The molecular formula is C21H26Cl2N2O4S2. The van der Waals surface area contributed by atoms with Gasteiger partial charge in [-0.2, -0.15) is 11.8 Å². The number of carbonyl (C=O) groups excluding carboxylic acids is 1. The summed E-state index contributed by atoms with van der Waals surface area (Å²) >= 11 is 13.6. The third-order valence-electron chi connectivity index (χ3n) is 4.03. The van der Waals surface area contributed by atoms with Crippen molar-refractivity contribution in [1.82, 2.24) is 5.32 Å². The van der Waals surface area contributed by atoms with E-state index in [4.69, 9.17) is 27.9 Å². The Hall–Kier alpha value is -1.61. The van der Waals surface area contributed by atoms with Gasteiger partial charge in [0.25, 0.3) is 0 Å². The Bertz CT molecular complexity index is 983. The Labute approximate surface area is 198 Å². The van der Waals surface area contributed by atoms with E-state index in [9.17, 15) is 13.2 Å². The fraction of sp³-hybridized carbons (Fsp3) is 0.381. The summed E-state index contributed by atoms with van der Waals surface area (Å²) in [6, 6.07) is 12.0. The molecule has 0 heterocycles. The topological polar surface area (TPSA) is 75.7 Å². The Morgan fingerprint density at radius 3 is 2.42 bits per heavy atom. The summed E-state index contributed by atoms with van der Waals surface area (Å²) in [5.41, 5.74) is 1.37. The predicted molar refractivity (Wildman–Crippen MR) is 130 cm³/mol. The van der Waals surface area contributed by atoms with Crippen LogP contribution in [-0.2, 0) is 20.6 Å². The van der Waals surface area contributed by atoms with Crippen LogP contribution in [0.25, 0.3) is 0 Å². The lowest BCUT2D eigenvalue weighted by molar-refractivity contribution is -0.119. The van der Waals surface area contributed by atoms with Gasteiger partial charge in [-0.05, 0) is 55.8 Å². The van der Waals surface area contributed by atoms with Crippen molar-refractivity contribution in [2.75, 3.05) is 29.4 Å². The van der Waals surface area contributed by atoms with Crippen molar-refractivity contribution in [1.29, 1.82) is 0 Å². The first-order valence-electron chi connectivity index (χ1n) is 9.59. The van der Waals surface area contributed by atoms with Crippen LogP contribution in [-0.4, -0.2) is 45.5 Å². The summed E-state index contributed by atoms with van der Waals surface area (Å²) in [6.45, 7) is 3.93. The molecule has 0 unspecified atom stereocenters. The predicted octanol–water partition coefficient (Wildman–Crippen LogP) is 4.60. The maximum Gasteiger partial charge on any atom is 0.240 e. The van der Waals surface area contributed by atoms with E-state index in [-0.39, 0.29) is 18.6 Å². The maximum absolute atomic E-state index is 12.3. The third-order valence-corrected chi connectivity index (χ3v) is 6.76. The number of rotatable bonds is 11. The SMILES string of the molecule is CC(C)Oc1ccc(N(CC(=O)NCCSCc2ccc(Cl)cc2Cl)S(C)(=O)=O)cc1. The highest BCUT2D eigenvalue weighted by molar-refractivity contribution is 7.98. The minimum absolute atomic E-state index is 0.0104. The number of thioether (sulfide) groups is 1. The molecule has 0 aliphatic rings. The molecule has 0 aromatic heterocycles. The van der Waals surface area contributed by atoms with E-state index in [0.29, 0.717) is 39.5 Å². The summed E-state index contributed by atoms with van der Waals surface area (Å²) < 4.78 is 31.1. The zero-order valence-electron chi connectivity index (χ0n) is 17.6. The number of sulfonamides is 1. The summed E-state index contributed by atoms with van der Waals surface area (Å²) in [4.78, 5) is 12.3. The van der Waals surface area contributed by atoms with Gasteiger partial charge in [-0.25, -0.2) is 8.42 Å². The quantitative estimate of drug-likeness (QED) is 0.452. The lowest BCUT2D eigenvalue weighted by Gasteiger charge is -2.22. The fourth-order valence-electron chi connectivity index (χ4n) is 2.63. The standard InChI is InChI=1S/C21H26Cl2N2O4S2/c1-15(2)29-19-8-6-18(7-9-19)25(31(3,27)28)13-21(26)24-10-11-30-14-16-4-5-17(22)12-20(16)23/h4-9,12,15H,10-11,13-14H2,1-3H3,(H,24,26). The monoisotopic (exact) mass is 504 g/mol. The average molecular weight is 505 g/mol. The first-order valence-corrected chi connectivity index (χ1v) is 13.3. The van der Waals surface area contributed by atoms with Crippen molar-refractivity contribution in [2.24, 2.45) is 0 Å². The van der Waals surface area contributed by atoms with Crippen LogP contribution in [0.3, 0.4) is 0 Å². The number of hydrogen-bond donors (Lipinski definition) is 1. The van der Waals surface area contributed by atoms with Crippen LogP contribution in [0, 0.1) is 0 Å². The van der Waals surface area contributed by atoms with Crippen molar-refractivity contribution in [3.8, 4) is 5.75 Å². The molecule has 0 aliphatic carbocycles. The van der Waals surface area contributed by atoms with Gasteiger partial charge in [0.2, 0.25) is 15.9 Å². The number of halogens is 2. The van der Waals surface area contributed by atoms with Gasteiger partial charge in [-0.3, -0.25) is 9.10 Å². The van der Waals surface area contributed by atoms with Crippen LogP contribution in [0.1, 0.15) is 19.4 Å². The van der Waals surface area contributed by atoms with Crippen LogP contribution in [0.5, 0.6) is 5.75 Å². The van der Waals surface area contributed by atoms with Crippen LogP contribution in [0.4, 0.5) is 5.69 Å². The number of nitrogens with one attached hydrogen (secondary N) is 1. The minimum atomic E-state index is -3.63. The molecule has 2 aromatic carbocycles. The van der Waals surface area contributed by atoms with Crippen LogP contribution >= 0.6 is 35.0 Å². The molecule has 2 aromatic rings. The van der Waals surface area contributed by atoms with Gasteiger partial charge in [-0.15, -0.1) is 0 Å². The van der Waals surface area contributed by atoms with E-state index in [1.54, 1.807) is 48.2 Å². The molecule has 2 rings (SSSR count). The molecule has 10 heteroatoms. The fourth-order valence-corrected chi connectivity index (χ4v) is 4.91. The Balaban J connectivity index is 1.85. The molecule has 0 radical (unpaired) electrons. The summed E-state index contributed by atoms with van der Waals surface area (Å²) in [5, 5.41) is 3.95. The van der Waals surface area contributed by atoms with E-state index in [2.05, 4.69) is 5.32 Å². The maximum atomic E-state index is 12.3. The largest absolute Gasteiger partial charge is 0.491 e. The first kappa shape index (κ1) is 25.6. The van der Waals surface area contributed by atoms with Crippen molar-refractivity contribution in [2.45, 2.75) is 25.7 Å². The number of hydrogen-bond acceptors (Lipinski definition) is 5. The summed E-state index contributed by atoms with van der Waals surface area (Å²) in [5.74, 6) is 1.60. The van der Waals surface area contributed by atoms with E-state index < -0.39 is 10.0 Å². The molecule has 0 bridgehead atoms. The van der Waals surface area contributed by atoms with Crippen LogP contribution in [0.2, 0.25) is 10.0 Å². The molecule has 170 valence electrons. The molecule has 6 nitrogen and oxygen atoms in total. The van der Waals surface area contributed by atoms with Gasteiger partial charge in [-0.1, -0.05) is 29.3 Å². The molecule has 0 spiro atoms. The van der Waals surface area contributed by atoms with Crippen molar-refractivity contribution < 1.29 is 17.9 Å². The van der Waals surface area contributed by atoms with Gasteiger partial charge in [0.05, 0.1) is 18.0 Å². The molecule has 1 amide bonds. The van der Waals surface area contributed by atoms with E-state index >= 15 is 0 Å². The zero-order valence-corrected chi connectivity index (χ0v) is 20.7. The molecule has 1 N–H and O–H groups in total. The molecule has 0 fully saturated rings.